The fourth-order valence-electron chi connectivity index (χ4n) is 7.41. The first-order chi connectivity index (χ1) is 24.3. The second-order valence-corrected chi connectivity index (χ2v) is 14.4. The highest BCUT2D eigenvalue weighted by Crippen LogP contribution is 2.52. The van der Waals surface area contributed by atoms with Crippen molar-refractivity contribution in [2.45, 2.75) is 46.9 Å². The van der Waals surface area contributed by atoms with Gasteiger partial charge in [-0.1, -0.05) is 106 Å². The predicted octanol–water partition coefficient (Wildman–Crippen LogP) is 10.5. The summed E-state index contributed by atoms with van der Waals surface area (Å²) in [5.74, 6) is 4.14. The van der Waals surface area contributed by atoms with Crippen molar-refractivity contribution in [3.63, 3.8) is 0 Å². The molecule has 7 heteroatoms. The molecule has 1 aliphatic rings. The van der Waals surface area contributed by atoms with E-state index in [1.807, 2.05) is 66.2 Å². The maximum absolute atomic E-state index is 5.08. The molecule has 7 aromatic rings. The van der Waals surface area contributed by atoms with Crippen LogP contribution in [0.25, 0.3) is 67.8 Å². The van der Waals surface area contributed by atoms with E-state index in [1.165, 1.54) is 49.2 Å². The summed E-state index contributed by atoms with van der Waals surface area (Å²) in [5.41, 5.74) is 17.2. The molecule has 0 spiro atoms. The molecule has 0 amide bonds. The van der Waals surface area contributed by atoms with Crippen molar-refractivity contribution in [2.24, 2.45) is 0 Å². The van der Waals surface area contributed by atoms with Crippen molar-refractivity contribution in [3.8, 4) is 39.9 Å². The number of thiazole rings is 1. The van der Waals surface area contributed by atoms with Crippen LogP contribution >= 0.6 is 11.3 Å². The van der Waals surface area contributed by atoms with Crippen LogP contribution in [0.5, 0.6) is 0 Å². The standard InChI is InChI=1S/C43H38BN5S/c1-26(31-17-18-35-34(24-31)38-36(43(35,4)5)19-20-37-39(38)50-25-45-37)23-33-28(3)49(27(2)32(33)21-22-44-6)42-47-40(29-13-9-7-10-14-29)46-41(48-42)30-15-11-8-12-16-30/h7-25,44H,1-6H3/b22-21-,26-23+. The average Bonchev–Trinajstić information content (AvgIpc) is 3.78. The number of hydrogen-bond acceptors (Lipinski definition) is 5. The average molecular weight is 668 g/mol. The minimum Gasteiger partial charge on any atom is -0.286 e. The Balaban J connectivity index is 1.29. The number of rotatable bonds is 7. The van der Waals surface area contributed by atoms with Gasteiger partial charge in [-0.2, -0.15) is 9.97 Å². The SMILES string of the molecule is CB/C=C\c1c(/C=C(\C)c2ccc3c(c2)-c2c(ccc4ncsc24)C3(C)C)c(C)n(-c2nc(-c3ccccc3)nc(-c3ccccc3)n2)c1C. The van der Waals surface area contributed by atoms with Crippen molar-refractivity contribution in [3.05, 3.63) is 142 Å². The Bertz CT molecular complexity index is 2410. The third kappa shape index (κ3) is 5.24. The van der Waals surface area contributed by atoms with Crippen LogP contribution in [0.4, 0.5) is 0 Å². The molecule has 0 unspecified atom stereocenters. The summed E-state index contributed by atoms with van der Waals surface area (Å²) in [6.45, 7) is 13.4. The minimum atomic E-state index is -0.0657. The number of nitrogens with zero attached hydrogens (tertiary/aromatic N) is 5. The van der Waals surface area contributed by atoms with Gasteiger partial charge in [0.05, 0.1) is 15.7 Å². The van der Waals surface area contributed by atoms with Crippen molar-refractivity contribution < 1.29 is 0 Å². The number of benzene rings is 4. The Morgan fingerprint density at radius 2 is 1.42 bits per heavy atom. The highest BCUT2D eigenvalue weighted by atomic mass is 32.1. The van der Waals surface area contributed by atoms with E-state index in [0.29, 0.717) is 17.6 Å². The van der Waals surface area contributed by atoms with Gasteiger partial charge in [0, 0.05) is 44.6 Å². The van der Waals surface area contributed by atoms with Crippen LogP contribution in [0, 0.1) is 13.8 Å². The maximum atomic E-state index is 5.08. The summed E-state index contributed by atoms with van der Waals surface area (Å²) in [6.07, 6.45) is 4.58. The molecule has 5 nitrogen and oxygen atoms in total. The van der Waals surface area contributed by atoms with E-state index in [2.05, 4.69) is 99.5 Å². The lowest BCUT2D eigenvalue weighted by Crippen LogP contribution is -2.14. The first-order valence-corrected chi connectivity index (χ1v) is 18.1. The van der Waals surface area contributed by atoms with E-state index in [-0.39, 0.29) is 5.41 Å². The molecular formula is C43H38BN5S. The van der Waals surface area contributed by atoms with Crippen LogP contribution in [0.15, 0.2) is 102 Å². The Morgan fingerprint density at radius 3 is 2.08 bits per heavy atom. The molecule has 0 saturated carbocycles. The van der Waals surface area contributed by atoms with Crippen LogP contribution in [-0.4, -0.2) is 31.8 Å². The summed E-state index contributed by atoms with van der Waals surface area (Å²) in [5, 5.41) is 0. The first kappa shape index (κ1) is 31.8. The van der Waals surface area contributed by atoms with Crippen molar-refractivity contribution >= 4 is 46.6 Å². The molecule has 0 fully saturated rings. The number of fused-ring (bicyclic) bond motifs is 5. The van der Waals surface area contributed by atoms with Crippen molar-refractivity contribution in [1.29, 1.82) is 0 Å². The molecule has 50 heavy (non-hydrogen) atoms. The summed E-state index contributed by atoms with van der Waals surface area (Å²) in [4.78, 5) is 19.7. The highest BCUT2D eigenvalue weighted by molar-refractivity contribution is 7.17. The van der Waals surface area contributed by atoms with Gasteiger partial charge in [-0.3, -0.25) is 4.57 Å². The lowest BCUT2D eigenvalue weighted by molar-refractivity contribution is 0.661. The van der Waals surface area contributed by atoms with Gasteiger partial charge in [0.1, 0.15) is 7.28 Å². The fourth-order valence-corrected chi connectivity index (χ4v) is 8.26. The predicted molar refractivity (Wildman–Crippen MR) is 212 cm³/mol. The van der Waals surface area contributed by atoms with E-state index in [4.69, 9.17) is 15.0 Å². The van der Waals surface area contributed by atoms with Crippen LogP contribution in [-0.2, 0) is 5.41 Å². The fraction of sp³-hybridized carbons (Fsp3) is 0.163. The summed E-state index contributed by atoms with van der Waals surface area (Å²) in [7, 11) is 0.944. The Hall–Kier alpha value is -5.40. The lowest BCUT2D eigenvalue weighted by Gasteiger charge is -2.21. The van der Waals surface area contributed by atoms with Gasteiger partial charge in [0.2, 0.25) is 5.95 Å². The molecule has 0 radical (unpaired) electrons. The third-order valence-electron chi connectivity index (χ3n) is 10.1. The minimum absolute atomic E-state index is 0.0657. The molecule has 0 saturated heterocycles. The Morgan fingerprint density at radius 1 is 0.780 bits per heavy atom. The van der Waals surface area contributed by atoms with Gasteiger partial charge in [-0.15, -0.1) is 17.3 Å². The van der Waals surface area contributed by atoms with E-state index in [9.17, 15) is 0 Å². The Kier molecular flexibility index (Phi) is 7.96. The second-order valence-electron chi connectivity index (χ2n) is 13.6. The number of aromatic nitrogens is 5. The molecular weight excluding hydrogens is 629 g/mol. The van der Waals surface area contributed by atoms with Gasteiger partial charge in [0.25, 0.3) is 0 Å². The molecule has 0 bridgehead atoms. The third-order valence-corrected chi connectivity index (χ3v) is 11.0. The van der Waals surface area contributed by atoms with Crippen molar-refractivity contribution in [1.82, 2.24) is 24.5 Å². The Labute approximate surface area is 298 Å². The van der Waals surface area contributed by atoms with Gasteiger partial charge in [-0.25, -0.2) is 9.97 Å². The number of hydrogen-bond donors (Lipinski definition) is 0. The summed E-state index contributed by atoms with van der Waals surface area (Å²) < 4.78 is 3.46. The van der Waals surface area contributed by atoms with Gasteiger partial charge >= 0.3 is 0 Å². The van der Waals surface area contributed by atoms with Gasteiger partial charge in [0.15, 0.2) is 11.6 Å². The maximum Gasteiger partial charge on any atom is 0.238 e. The molecule has 1 aliphatic carbocycles. The van der Waals surface area contributed by atoms with Gasteiger partial charge in [-0.05, 0) is 66.8 Å². The zero-order valence-electron chi connectivity index (χ0n) is 29.3. The van der Waals surface area contributed by atoms with Gasteiger partial charge < -0.3 is 0 Å². The molecule has 3 aromatic heterocycles. The zero-order chi connectivity index (χ0) is 34.6. The number of allylic oxidation sites excluding steroid dienone is 1. The van der Waals surface area contributed by atoms with Crippen LogP contribution in [0.1, 0.15) is 60.0 Å². The van der Waals surface area contributed by atoms with E-state index >= 15 is 0 Å². The van der Waals surface area contributed by atoms with Crippen LogP contribution < -0.4 is 0 Å². The largest absolute Gasteiger partial charge is 0.286 e. The molecule has 8 rings (SSSR count). The molecule has 3 heterocycles. The smallest absolute Gasteiger partial charge is 0.238 e. The molecule has 0 atom stereocenters. The van der Waals surface area contributed by atoms with Crippen LogP contribution in [0.3, 0.4) is 0 Å². The molecule has 244 valence electrons. The highest BCUT2D eigenvalue weighted by Gasteiger charge is 2.37. The monoisotopic (exact) mass is 667 g/mol. The summed E-state index contributed by atoms with van der Waals surface area (Å²) >= 11 is 1.73. The van der Waals surface area contributed by atoms with E-state index < -0.39 is 0 Å². The summed E-state index contributed by atoms with van der Waals surface area (Å²) in [6, 6.07) is 31.7. The molecule has 0 N–H and O–H groups in total. The van der Waals surface area contributed by atoms with E-state index in [0.717, 1.165) is 35.3 Å². The quantitative estimate of drug-likeness (QED) is 0.159. The first-order valence-electron chi connectivity index (χ1n) is 17.2. The second kappa shape index (κ2) is 12.5. The molecule has 0 aliphatic heterocycles. The van der Waals surface area contributed by atoms with Crippen molar-refractivity contribution in [2.75, 3.05) is 0 Å². The topological polar surface area (TPSA) is 56.5 Å². The lowest BCUT2D eigenvalue weighted by atomic mass is 9.81. The molecule has 4 aromatic carbocycles. The van der Waals surface area contributed by atoms with Crippen LogP contribution in [0.2, 0.25) is 6.82 Å². The zero-order valence-corrected chi connectivity index (χ0v) is 30.1. The normalized spacial score (nSPS) is 13.6. The van der Waals surface area contributed by atoms with E-state index in [1.54, 1.807) is 11.3 Å².